The zero-order chi connectivity index (χ0) is 10.8. The number of hydrogen-bond donors (Lipinski definition) is 0. The third-order valence-corrected chi connectivity index (χ3v) is 1.11. The van der Waals surface area contributed by atoms with Gasteiger partial charge < -0.3 is 0 Å². The maximum absolute atomic E-state index is 4.80. The molecule has 80 valence electrons. The molecule has 0 N–H and O–H groups in total. The van der Waals surface area contributed by atoms with E-state index in [-0.39, 0.29) is 13.6 Å². The lowest BCUT2D eigenvalue weighted by atomic mass is 10.4. The van der Waals surface area contributed by atoms with Crippen LogP contribution in [0.5, 0.6) is 0 Å². The van der Waals surface area contributed by atoms with E-state index in [9.17, 15) is 0 Å². The molecule has 0 bridgehead atoms. The zero-order valence-electron chi connectivity index (χ0n) is 10.4. The largest absolute Gasteiger partial charge is 1.00 e. The van der Waals surface area contributed by atoms with E-state index in [4.69, 9.17) is 9.78 Å². The average molecular weight is 197 g/mol. The molecule has 0 fully saturated rings. The molecule has 0 heterocycles. The summed E-state index contributed by atoms with van der Waals surface area (Å²) in [4.78, 5) is 9.61. The van der Waals surface area contributed by atoms with Gasteiger partial charge in [-0.25, -0.2) is 9.78 Å². The normalized spacial score (nSPS) is 9.86. The van der Waals surface area contributed by atoms with Gasteiger partial charge in [-0.05, 0) is 27.7 Å². The van der Waals surface area contributed by atoms with Crippen molar-refractivity contribution < 1.29 is 11.2 Å². The second-order valence-electron chi connectivity index (χ2n) is 3.44. The van der Waals surface area contributed by atoms with Crippen LogP contribution in [0.2, 0.25) is 0 Å². The molecule has 0 amide bonds. The fourth-order valence-electron chi connectivity index (χ4n) is 0.607. The van der Waals surface area contributed by atoms with E-state index in [2.05, 4.69) is 0 Å². The summed E-state index contributed by atoms with van der Waals surface area (Å²) >= 11 is 0. The van der Waals surface area contributed by atoms with Crippen LogP contribution in [0.3, 0.4) is 0 Å². The molecule has 0 saturated heterocycles. The van der Waals surface area contributed by atoms with Gasteiger partial charge in [-0.15, -0.1) is 0 Å². The molecule has 0 aromatic heterocycles. The highest BCUT2D eigenvalue weighted by Gasteiger charge is 1.95. The van der Waals surface area contributed by atoms with Crippen LogP contribution in [0, 0.1) is 0 Å². The SMILES string of the molecule is CC(C)OOC(C)C.[H+].c1ccccc1. The summed E-state index contributed by atoms with van der Waals surface area (Å²) < 4.78 is 0. The van der Waals surface area contributed by atoms with E-state index in [1.165, 1.54) is 0 Å². The summed E-state index contributed by atoms with van der Waals surface area (Å²) in [6.07, 6.45) is 0.329. The van der Waals surface area contributed by atoms with E-state index in [1.54, 1.807) is 0 Å². The topological polar surface area (TPSA) is 18.5 Å². The average Bonchev–Trinajstić information content (AvgIpc) is 2.18. The van der Waals surface area contributed by atoms with Gasteiger partial charge in [-0.1, -0.05) is 36.4 Å². The van der Waals surface area contributed by atoms with Crippen molar-refractivity contribution in [2.45, 2.75) is 39.9 Å². The summed E-state index contributed by atoms with van der Waals surface area (Å²) in [5.41, 5.74) is 0. The Morgan fingerprint density at radius 1 is 0.643 bits per heavy atom. The number of rotatable bonds is 3. The lowest BCUT2D eigenvalue weighted by Gasteiger charge is -2.08. The van der Waals surface area contributed by atoms with Gasteiger partial charge >= 0.3 is 1.43 Å². The van der Waals surface area contributed by atoms with E-state index >= 15 is 0 Å². The molecule has 0 spiro atoms. The first-order valence-electron chi connectivity index (χ1n) is 4.95. The predicted octanol–water partition coefficient (Wildman–Crippen LogP) is 3.55. The minimum Gasteiger partial charge on any atom is -0.234 e. The highest BCUT2D eigenvalue weighted by Crippen LogP contribution is 1.93. The Morgan fingerprint density at radius 2 is 0.857 bits per heavy atom. The van der Waals surface area contributed by atoms with Gasteiger partial charge in [0, 0.05) is 0 Å². The first-order chi connectivity index (χ1) is 6.63. The van der Waals surface area contributed by atoms with E-state index in [0.29, 0.717) is 0 Å². The smallest absolute Gasteiger partial charge is 0.234 e. The fraction of sp³-hybridized carbons (Fsp3) is 0.500. The van der Waals surface area contributed by atoms with Crippen molar-refractivity contribution in [1.82, 2.24) is 0 Å². The van der Waals surface area contributed by atoms with Gasteiger partial charge in [0.1, 0.15) is 0 Å². The Kier molecular flexibility index (Phi) is 8.19. The molecule has 0 atom stereocenters. The van der Waals surface area contributed by atoms with Gasteiger partial charge in [-0.3, -0.25) is 0 Å². The minimum atomic E-state index is 0. The highest BCUT2D eigenvalue weighted by atomic mass is 17.2. The molecule has 2 nitrogen and oxygen atoms in total. The second kappa shape index (κ2) is 8.73. The Morgan fingerprint density at radius 3 is 1.00 bits per heavy atom. The molecule has 0 aliphatic heterocycles. The summed E-state index contributed by atoms with van der Waals surface area (Å²) in [5, 5.41) is 0. The van der Waals surface area contributed by atoms with Gasteiger partial charge in [-0.2, -0.15) is 0 Å². The van der Waals surface area contributed by atoms with Crippen molar-refractivity contribution in [2.75, 3.05) is 0 Å². The van der Waals surface area contributed by atoms with Crippen LogP contribution in [-0.4, -0.2) is 12.2 Å². The predicted molar refractivity (Wildman–Crippen MR) is 60.0 cm³/mol. The van der Waals surface area contributed by atoms with Crippen LogP contribution in [0.15, 0.2) is 36.4 Å². The summed E-state index contributed by atoms with van der Waals surface area (Å²) in [6.45, 7) is 7.73. The third kappa shape index (κ3) is 11.1. The molecule has 1 rings (SSSR count). The van der Waals surface area contributed by atoms with Crippen molar-refractivity contribution in [3.05, 3.63) is 36.4 Å². The van der Waals surface area contributed by atoms with Gasteiger partial charge in [0.05, 0.1) is 12.2 Å². The summed E-state index contributed by atoms with van der Waals surface area (Å²) in [7, 11) is 0. The highest BCUT2D eigenvalue weighted by molar-refractivity contribution is 4.99. The molecule has 0 saturated carbocycles. The lowest BCUT2D eigenvalue weighted by molar-refractivity contribution is -0.337. The molecule has 1 aromatic carbocycles. The van der Waals surface area contributed by atoms with Crippen LogP contribution in [0.1, 0.15) is 29.1 Å². The standard InChI is InChI=1S/C6H14O2.C6H6/c1-5(2)7-8-6(3)4;1-2-4-6-5-3-1/h5-6H,1-4H3;1-6H/p+1. The van der Waals surface area contributed by atoms with Crippen LogP contribution in [-0.2, 0) is 9.78 Å². The summed E-state index contributed by atoms with van der Waals surface area (Å²) in [6, 6.07) is 12.0. The maximum atomic E-state index is 4.80. The van der Waals surface area contributed by atoms with Gasteiger partial charge in [0.15, 0.2) is 0 Å². The molecule has 0 unspecified atom stereocenters. The molecule has 14 heavy (non-hydrogen) atoms. The van der Waals surface area contributed by atoms with Crippen LogP contribution in [0.25, 0.3) is 0 Å². The fourth-order valence-corrected chi connectivity index (χ4v) is 0.607. The minimum absolute atomic E-state index is 0. The molecule has 0 aliphatic rings. The van der Waals surface area contributed by atoms with Crippen molar-refractivity contribution in [3.63, 3.8) is 0 Å². The van der Waals surface area contributed by atoms with Gasteiger partial charge in [0.25, 0.3) is 0 Å². The first-order valence-corrected chi connectivity index (χ1v) is 4.95. The zero-order valence-corrected chi connectivity index (χ0v) is 9.44. The lowest BCUT2D eigenvalue weighted by Crippen LogP contribution is -2.08. The molecule has 2 heteroatoms. The quantitative estimate of drug-likeness (QED) is 0.545. The van der Waals surface area contributed by atoms with Crippen LogP contribution >= 0.6 is 0 Å². The van der Waals surface area contributed by atoms with Crippen molar-refractivity contribution in [1.29, 1.82) is 0 Å². The molecular weight excluding hydrogens is 176 g/mol. The Bertz CT molecular complexity index is 165. The number of hydrogen-bond acceptors (Lipinski definition) is 2. The van der Waals surface area contributed by atoms with Crippen molar-refractivity contribution in [2.24, 2.45) is 0 Å². The van der Waals surface area contributed by atoms with E-state index in [1.807, 2.05) is 64.1 Å². The van der Waals surface area contributed by atoms with Crippen LogP contribution < -0.4 is 0 Å². The third-order valence-electron chi connectivity index (χ3n) is 1.11. The summed E-state index contributed by atoms with van der Waals surface area (Å²) in [5.74, 6) is 0. The van der Waals surface area contributed by atoms with Crippen LogP contribution in [0.4, 0.5) is 0 Å². The second-order valence-corrected chi connectivity index (χ2v) is 3.44. The first kappa shape index (κ1) is 13.1. The molecular formula is C12H21O2+. The monoisotopic (exact) mass is 197 g/mol. The maximum Gasteiger partial charge on any atom is 1.00 e. The van der Waals surface area contributed by atoms with Crippen molar-refractivity contribution in [3.8, 4) is 0 Å². The number of benzene rings is 1. The molecule has 1 aromatic rings. The molecule has 0 aliphatic carbocycles. The Labute approximate surface area is 88.3 Å². The Hall–Kier alpha value is -0.860. The molecule has 0 radical (unpaired) electrons. The van der Waals surface area contributed by atoms with Gasteiger partial charge in [0.2, 0.25) is 0 Å². The Balaban J connectivity index is 0. The van der Waals surface area contributed by atoms with E-state index < -0.39 is 0 Å². The van der Waals surface area contributed by atoms with E-state index in [0.717, 1.165) is 0 Å². The van der Waals surface area contributed by atoms with Crippen molar-refractivity contribution >= 4 is 0 Å².